The van der Waals surface area contributed by atoms with Crippen LogP contribution in [0.1, 0.15) is 33.1 Å². The molecule has 0 bridgehead atoms. The minimum atomic E-state index is -0.287. The number of guanidine groups is 1. The number of rotatable bonds is 8. The Bertz CT molecular complexity index is 558. The summed E-state index contributed by atoms with van der Waals surface area (Å²) in [5, 5.41) is 6.65. The second-order valence-corrected chi connectivity index (χ2v) is 6.93. The Labute approximate surface area is 157 Å². The lowest BCUT2D eigenvalue weighted by molar-refractivity contribution is 0.187. The van der Waals surface area contributed by atoms with Crippen LogP contribution >= 0.6 is 0 Å². The van der Waals surface area contributed by atoms with Gasteiger partial charge in [-0.15, -0.1) is 0 Å². The van der Waals surface area contributed by atoms with Gasteiger partial charge in [0.2, 0.25) is 0 Å². The van der Waals surface area contributed by atoms with Crippen molar-refractivity contribution in [2.45, 2.75) is 39.2 Å². The van der Waals surface area contributed by atoms with Gasteiger partial charge < -0.3 is 20.3 Å². The molecule has 0 radical (unpaired) electrons. The highest BCUT2D eigenvalue weighted by Gasteiger charge is 2.17. The fraction of sp³-hybridized carbons (Fsp3) is 0.650. The Balaban J connectivity index is 1.63. The Hall–Kier alpha value is -1.82. The molecule has 1 heterocycles. The maximum Gasteiger partial charge on any atom is 0.191 e. The average molecular weight is 365 g/mol. The van der Waals surface area contributed by atoms with E-state index in [0.29, 0.717) is 12.3 Å². The minimum Gasteiger partial charge on any atom is -0.489 e. The van der Waals surface area contributed by atoms with Crippen molar-refractivity contribution in [1.29, 1.82) is 0 Å². The molecule has 0 saturated carbocycles. The number of likely N-dealkylation sites (tertiary alicyclic amines) is 1. The molecule has 1 aliphatic rings. The van der Waals surface area contributed by atoms with Crippen molar-refractivity contribution >= 4 is 5.96 Å². The predicted molar refractivity (Wildman–Crippen MR) is 105 cm³/mol. The molecule has 0 amide bonds. The highest BCUT2D eigenvalue weighted by atomic mass is 19.1. The lowest BCUT2D eigenvalue weighted by Crippen LogP contribution is -2.42. The molecule has 1 fully saturated rings. The summed E-state index contributed by atoms with van der Waals surface area (Å²) in [6.45, 7) is 9.33. The van der Waals surface area contributed by atoms with E-state index in [1.54, 1.807) is 19.2 Å². The van der Waals surface area contributed by atoms with Crippen molar-refractivity contribution in [1.82, 2.24) is 15.5 Å². The normalized spacial score (nSPS) is 17.8. The van der Waals surface area contributed by atoms with E-state index in [2.05, 4.69) is 27.4 Å². The van der Waals surface area contributed by atoms with Gasteiger partial charge in [-0.25, -0.2) is 4.39 Å². The number of piperidine rings is 1. The maximum absolute atomic E-state index is 13.2. The Morgan fingerprint density at radius 2 is 2.12 bits per heavy atom. The van der Waals surface area contributed by atoms with E-state index in [1.165, 1.54) is 44.5 Å². The number of ether oxygens (including phenoxy) is 1. The quantitative estimate of drug-likeness (QED) is 0.550. The van der Waals surface area contributed by atoms with Gasteiger partial charge in [-0.2, -0.15) is 0 Å². The maximum atomic E-state index is 13.2. The lowest BCUT2D eigenvalue weighted by Gasteiger charge is -2.31. The number of halogens is 1. The van der Waals surface area contributed by atoms with Gasteiger partial charge in [0.25, 0.3) is 0 Å². The van der Waals surface area contributed by atoms with E-state index in [4.69, 9.17) is 4.74 Å². The highest BCUT2D eigenvalue weighted by molar-refractivity contribution is 5.79. The Morgan fingerprint density at radius 1 is 1.35 bits per heavy atom. The molecular weight excluding hydrogens is 331 g/mol. The van der Waals surface area contributed by atoms with Crippen LogP contribution in [0.15, 0.2) is 29.3 Å². The fourth-order valence-electron chi connectivity index (χ4n) is 3.26. The SMILES string of the molecule is CCN1CCC(CCNC(=NC)NCC(C)Oc2cccc(F)c2)CC1. The van der Waals surface area contributed by atoms with Crippen LogP contribution < -0.4 is 15.4 Å². The first-order valence-corrected chi connectivity index (χ1v) is 9.69. The third-order valence-corrected chi connectivity index (χ3v) is 4.91. The third-order valence-electron chi connectivity index (χ3n) is 4.91. The van der Waals surface area contributed by atoms with Crippen molar-refractivity contribution in [3.63, 3.8) is 0 Å². The molecule has 0 aliphatic carbocycles. The van der Waals surface area contributed by atoms with Crippen LogP contribution in [0.5, 0.6) is 5.75 Å². The fourth-order valence-corrected chi connectivity index (χ4v) is 3.26. The molecule has 0 spiro atoms. The molecule has 146 valence electrons. The zero-order chi connectivity index (χ0) is 18.8. The second kappa shape index (κ2) is 11.0. The summed E-state index contributed by atoms with van der Waals surface area (Å²) < 4.78 is 18.9. The van der Waals surface area contributed by atoms with Crippen molar-refractivity contribution in [2.24, 2.45) is 10.9 Å². The number of hydrogen-bond donors (Lipinski definition) is 2. The molecular formula is C20H33FN4O. The van der Waals surface area contributed by atoms with Gasteiger partial charge in [0, 0.05) is 19.7 Å². The largest absolute Gasteiger partial charge is 0.489 e. The van der Waals surface area contributed by atoms with E-state index >= 15 is 0 Å². The lowest BCUT2D eigenvalue weighted by atomic mass is 9.93. The van der Waals surface area contributed by atoms with E-state index in [9.17, 15) is 4.39 Å². The van der Waals surface area contributed by atoms with Gasteiger partial charge in [-0.1, -0.05) is 13.0 Å². The van der Waals surface area contributed by atoms with Crippen molar-refractivity contribution in [2.75, 3.05) is 39.8 Å². The monoisotopic (exact) mass is 364 g/mol. The first-order chi connectivity index (χ1) is 12.6. The zero-order valence-corrected chi connectivity index (χ0v) is 16.3. The topological polar surface area (TPSA) is 48.9 Å². The van der Waals surface area contributed by atoms with Crippen LogP contribution in [0.25, 0.3) is 0 Å². The summed E-state index contributed by atoms with van der Waals surface area (Å²) >= 11 is 0. The van der Waals surface area contributed by atoms with Crippen LogP contribution in [-0.2, 0) is 0 Å². The minimum absolute atomic E-state index is 0.0891. The molecule has 26 heavy (non-hydrogen) atoms. The number of hydrogen-bond acceptors (Lipinski definition) is 3. The summed E-state index contributed by atoms with van der Waals surface area (Å²) in [7, 11) is 1.77. The van der Waals surface area contributed by atoms with Crippen LogP contribution in [0.2, 0.25) is 0 Å². The molecule has 2 rings (SSSR count). The van der Waals surface area contributed by atoms with Crippen LogP contribution in [-0.4, -0.2) is 56.7 Å². The van der Waals surface area contributed by atoms with Gasteiger partial charge in [0.15, 0.2) is 5.96 Å². The van der Waals surface area contributed by atoms with Crippen molar-refractivity contribution < 1.29 is 9.13 Å². The van der Waals surface area contributed by atoms with Crippen molar-refractivity contribution in [3.8, 4) is 5.75 Å². The van der Waals surface area contributed by atoms with Crippen LogP contribution in [0, 0.1) is 11.7 Å². The van der Waals surface area contributed by atoms with Gasteiger partial charge in [0.1, 0.15) is 17.7 Å². The number of benzene rings is 1. The van der Waals surface area contributed by atoms with Crippen LogP contribution in [0.3, 0.4) is 0 Å². The van der Waals surface area contributed by atoms with Crippen molar-refractivity contribution in [3.05, 3.63) is 30.1 Å². The summed E-state index contributed by atoms with van der Waals surface area (Å²) in [5.74, 6) is 1.84. The van der Waals surface area contributed by atoms with Gasteiger partial charge in [-0.05, 0) is 63.9 Å². The summed E-state index contributed by atoms with van der Waals surface area (Å²) in [5.41, 5.74) is 0. The highest BCUT2D eigenvalue weighted by Crippen LogP contribution is 2.19. The molecule has 0 aromatic heterocycles. The molecule has 5 nitrogen and oxygen atoms in total. The molecule has 1 saturated heterocycles. The predicted octanol–water partition coefficient (Wildman–Crippen LogP) is 2.88. The molecule has 1 aliphatic heterocycles. The second-order valence-electron chi connectivity index (χ2n) is 6.93. The van der Waals surface area contributed by atoms with E-state index in [-0.39, 0.29) is 11.9 Å². The first-order valence-electron chi connectivity index (χ1n) is 9.69. The molecule has 2 N–H and O–H groups in total. The number of nitrogens with one attached hydrogen (secondary N) is 2. The molecule has 1 atom stereocenters. The first kappa shape index (κ1) is 20.5. The average Bonchev–Trinajstić information content (AvgIpc) is 2.65. The molecule has 1 aromatic rings. The Morgan fingerprint density at radius 3 is 2.77 bits per heavy atom. The van der Waals surface area contributed by atoms with E-state index in [0.717, 1.165) is 25.0 Å². The molecule has 6 heteroatoms. The smallest absolute Gasteiger partial charge is 0.191 e. The number of nitrogens with zero attached hydrogens (tertiary/aromatic N) is 2. The molecule has 1 unspecified atom stereocenters. The molecule has 1 aromatic carbocycles. The summed E-state index contributed by atoms with van der Waals surface area (Å²) in [6, 6.07) is 6.22. The standard InChI is InChI=1S/C20H33FN4O/c1-4-25-12-9-17(10-13-25)8-11-23-20(22-3)24-15-16(2)26-19-7-5-6-18(21)14-19/h5-7,14,16-17H,4,8-13,15H2,1-3H3,(H2,22,23,24). The van der Waals surface area contributed by atoms with Crippen LogP contribution in [0.4, 0.5) is 4.39 Å². The van der Waals surface area contributed by atoms with Gasteiger partial charge in [0.05, 0.1) is 6.54 Å². The van der Waals surface area contributed by atoms with E-state index < -0.39 is 0 Å². The van der Waals surface area contributed by atoms with Gasteiger partial charge >= 0.3 is 0 Å². The number of aliphatic imine (C=N–C) groups is 1. The third kappa shape index (κ3) is 7.20. The summed E-state index contributed by atoms with van der Waals surface area (Å²) in [6.07, 6.45) is 3.67. The van der Waals surface area contributed by atoms with E-state index in [1.807, 2.05) is 6.92 Å². The Kier molecular flexibility index (Phi) is 8.68. The summed E-state index contributed by atoms with van der Waals surface area (Å²) in [4.78, 5) is 6.78. The van der Waals surface area contributed by atoms with Gasteiger partial charge in [-0.3, -0.25) is 4.99 Å². The zero-order valence-electron chi connectivity index (χ0n) is 16.3.